The first-order valence-electron chi connectivity index (χ1n) is 9.20. The average Bonchev–Trinajstić information content (AvgIpc) is 3.24. The van der Waals surface area contributed by atoms with Crippen molar-refractivity contribution in [2.45, 2.75) is 50.1 Å². The highest BCUT2D eigenvalue weighted by molar-refractivity contribution is 5.66. The van der Waals surface area contributed by atoms with Crippen molar-refractivity contribution >= 4 is 11.7 Å². The third-order valence-electron chi connectivity index (χ3n) is 5.57. The molecular weight excluding hydrogens is 318 g/mol. The van der Waals surface area contributed by atoms with Gasteiger partial charge in [0.25, 0.3) is 0 Å². The lowest BCUT2D eigenvalue weighted by Gasteiger charge is -2.25. The molecule has 3 heterocycles. The second-order valence-corrected chi connectivity index (χ2v) is 7.20. The molecule has 5 heteroatoms. The van der Waals surface area contributed by atoms with E-state index in [0.717, 1.165) is 25.1 Å². The SMILES string of the molecule is O=C(O)CCCC=CC[C@H]1[C@@H](CNc2ccccc2)[C@@H]2O[C@H]1[C@@H]1O[C@@H]12. The zero-order valence-electron chi connectivity index (χ0n) is 14.2. The van der Waals surface area contributed by atoms with Crippen LogP contribution in [0.15, 0.2) is 42.5 Å². The molecule has 0 radical (unpaired) electrons. The lowest BCUT2D eigenvalue weighted by atomic mass is 9.77. The Morgan fingerprint density at radius 2 is 1.76 bits per heavy atom. The van der Waals surface area contributed by atoms with Crippen molar-refractivity contribution in [3.8, 4) is 0 Å². The Bertz CT molecular complexity index is 632. The van der Waals surface area contributed by atoms with E-state index in [0.29, 0.717) is 30.5 Å². The van der Waals surface area contributed by atoms with Crippen LogP contribution < -0.4 is 5.32 Å². The third-order valence-corrected chi connectivity index (χ3v) is 5.57. The summed E-state index contributed by atoms with van der Waals surface area (Å²) in [5, 5.41) is 12.2. The van der Waals surface area contributed by atoms with Crippen LogP contribution in [0.2, 0.25) is 0 Å². The van der Waals surface area contributed by atoms with Crippen molar-refractivity contribution in [1.82, 2.24) is 0 Å². The Hall–Kier alpha value is -1.85. The molecule has 3 saturated heterocycles. The summed E-state index contributed by atoms with van der Waals surface area (Å²) in [6.45, 7) is 0.898. The number of epoxide rings is 1. The molecule has 2 N–H and O–H groups in total. The van der Waals surface area contributed by atoms with Crippen molar-refractivity contribution in [3.05, 3.63) is 42.5 Å². The van der Waals surface area contributed by atoms with E-state index in [9.17, 15) is 4.79 Å². The molecule has 2 bridgehead atoms. The Morgan fingerprint density at radius 1 is 1.04 bits per heavy atom. The van der Waals surface area contributed by atoms with Gasteiger partial charge in [0.15, 0.2) is 0 Å². The summed E-state index contributed by atoms with van der Waals surface area (Å²) in [6, 6.07) is 10.3. The first-order chi connectivity index (χ1) is 12.2. The quantitative estimate of drug-likeness (QED) is 0.410. The molecule has 134 valence electrons. The fourth-order valence-electron chi connectivity index (χ4n) is 4.29. The highest BCUT2D eigenvalue weighted by Crippen LogP contribution is 2.54. The highest BCUT2D eigenvalue weighted by Gasteiger charge is 2.68. The maximum Gasteiger partial charge on any atom is 0.303 e. The molecule has 0 amide bonds. The zero-order valence-corrected chi connectivity index (χ0v) is 14.2. The molecule has 5 nitrogen and oxygen atoms in total. The average molecular weight is 343 g/mol. The van der Waals surface area contributed by atoms with Gasteiger partial charge in [0.05, 0.1) is 12.2 Å². The van der Waals surface area contributed by atoms with Crippen LogP contribution in [0.3, 0.4) is 0 Å². The number of ether oxygens (including phenoxy) is 2. The third kappa shape index (κ3) is 3.58. The van der Waals surface area contributed by atoms with Gasteiger partial charge < -0.3 is 19.9 Å². The number of fused-ring (bicyclic) bond motifs is 5. The number of carboxylic acid groups (broad SMARTS) is 1. The van der Waals surface area contributed by atoms with Crippen molar-refractivity contribution < 1.29 is 19.4 Å². The smallest absolute Gasteiger partial charge is 0.303 e. The molecule has 0 aromatic heterocycles. The molecule has 25 heavy (non-hydrogen) atoms. The monoisotopic (exact) mass is 343 g/mol. The molecular formula is C20H25NO4. The van der Waals surface area contributed by atoms with Crippen LogP contribution in [-0.2, 0) is 14.3 Å². The van der Waals surface area contributed by atoms with Gasteiger partial charge in [0.2, 0.25) is 0 Å². The lowest BCUT2D eigenvalue weighted by Crippen LogP contribution is -2.36. The summed E-state index contributed by atoms with van der Waals surface area (Å²) in [6.07, 6.45) is 8.11. The second kappa shape index (κ2) is 7.18. The molecule has 0 aliphatic carbocycles. The van der Waals surface area contributed by atoms with E-state index in [1.807, 2.05) is 18.2 Å². The van der Waals surface area contributed by atoms with E-state index < -0.39 is 5.97 Å². The summed E-state index contributed by atoms with van der Waals surface area (Å²) in [7, 11) is 0. The molecule has 6 atom stereocenters. The number of carbonyl (C=O) groups is 1. The number of allylic oxidation sites excluding steroid dienone is 2. The standard InChI is InChI=1S/C20H25NO4/c22-16(23)11-7-2-1-6-10-14-15(12-21-13-8-4-3-5-9-13)18-20-19(25-20)17(14)24-18/h1,3-6,8-9,14-15,17-21H,2,7,10-12H2,(H,22,23)/t14-,15+,17+,18-,19-,20+/m0/s1. The number of anilines is 1. The molecule has 3 aliphatic rings. The molecule has 4 rings (SSSR count). The van der Waals surface area contributed by atoms with Crippen molar-refractivity contribution in [1.29, 1.82) is 0 Å². The van der Waals surface area contributed by atoms with Crippen LogP contribution in [0.25, 0.3) is 0 Å². The van der Waals surface area contributed by atoms with Crippen molar-refractivity contribution in [2.75, 3.05) is 11.9 Å². The van der Waals surface area contributed by atoms with E-state index in [-0.39, 0.29) is 18.6 Å². The summed E-state index contributed by atoms with van der Waals surface area (Å²) >= 11 is 0. The van der Waals surface area contributed by atoms with Gasteiger partial charge in [0.1, 0.15) is 12.2 Å². The minimum absolute atomic E-state index is 0.219. The Labute approximate surface area is 148 Å². The normalized spacial score (nSPS) is 35.0. The van der Waals surface area contributed by atoms with Crippen molar-refractivity contribution in [3.63, 3.8) is 0 Å². The first-order valence-corrected chi connectivity index (χ1v) is 9.20. The fourth-order valence-corrected chi connectivity index (χ4v) is 4.29. The van der Waals surface area contributed by atoms with Crippen LogP contribution in [0.1, 0.15) is 25.7 Å². The largest absolute Gasteiger partial charge is 0.481 e. The number of nitrogens with one attached hydrogen (secondary N) is 1. The van der Waals surface area contributed by atoms with Crippen LogP contribution >= 0.6 is 0 Å². The minimum Gasteiger partial charge on any atom is -0.481 e. The predicted molar refractivity (Wildman–Crippen MR) is 94.5 cm³/mol. The molecule has 0 saturated carbocycles. The molecule has 0 spiro atoms. The van der Waals surface area contributed by atoms with E-state index in [4.69, 9.17) is 14.6 Å². The summed E-state index contributed by atoms with van der Waals surface area (Å²) < 4.78 is 12.0. The van der Waals surface area contributed by atoms with Gasteiger partial charge in [-0.2, -0.15) is 0 Å². The first kappa shape index (κ1) is 16.6. The molecule has 1 aromatic rings. The summed E-state index contributed by atoms with van der Waals surface area (Å²) in [4.78, 5) is 10.5. The number of para-hydroxylation sites is 1. The van der Waals surface area contributed by atoms with Gasteiger partial charge >= 0.3 is 5.97 Å². The van der Waals surface area contributed by atoms with Gasteiger partial charge in [0, 0.05) is 24.6 Å². The highest BCUT2D eigenvalue weighted by atomic mass is 16.7. The summed E-state index contributed by atoms with van der Waals surface area (Å²) in [5.74, 6) is 0.206. The maximum atomic E-state index is 10.5. The van der Waals surface area contributed by atoms with Gasteiger partial charge in [-0.25, -0.2) is 0 Å². The Balaban J connectivity index is 1.31. The van der Waals surface area contributed by atoms with E-state index >= 15 is 0 Å². The fraction of sp³-hybridized carbons (Fsp3) is 0.550. The number of aliphatic carboxylic acids is 1. The van der Waals surface area contributed by atoms with Crippen LogP contribution in [0.5, 0.6) is 0 Å². The topological polar surface area (TPSA) is 71.1 Å². The van der Waals surface area contributed by atoms with Crippen LogP contribution in [0, 0.1) is 11.8 Å². The van der Waals surface area contributed by atoms with E-state index in [2.05, 4.69) is 29.6 Å². The molecule has 1 aromatic carbocycles. The zero-order chi connectivity index (χ0) is 17.2. The van der Waals surface area contributed by atoms with Gasteiger partial charge in [-0.3, -0.25) is 4.79 Å². The maximum absolute atomic E-state index is 10.5. The van der Waals surface area contributed by atoms with Crippen molar-refractivity contribution in [2.24, 2.45) is 11.8 Å². The molecule has 0 unspecified atom stereocenters. The van der Waals surface area contributed by atoms with Crippen LogP contribution in [-0.4, -0.2) is 42.0 Å². The number of unbranched alkanes of at least 4 members (excludes halogenated alkanes) is 1. The Kier molecular flexibility index (Phi) is 4.77. The lowest BCUT2D eigenvalue weighted by molar-refractivity contribution is -0.137. The number of benzene rings is 1. The van der Waals surface area contributed by atoms with Gasteiger partial charge in [-0.05, 0) is 37.3 Å². The Morgan fingerprint density at radius 3 is 2.52 bits per heavy atom. The van der Waals surface area contributed by atoms with Crippen LogP contribution in [0.4, 0.5) is 5.69 Å². The minimum atomic E-state index is -0.723. The number of hydrogen-bond acceptors (Lipinski definition) is 4. The van der Waals surface area contributed by atoms with E-state index in [1.54, 1.807) is 0 Å². The number of carboxylic acids is 1. The number of hydrogen-bond donors (Lipinski definition) is 2. The van der Waals surface area contributed by atoms with E-state index in [1.165, 1.54) is 0 Å². The summed E-state index contributed by atoms with van der Waals surface area (Å²) in [5.41, 5.74) is 1.14. The number of rotatable bonds is 9. The predicted octanol–water partition coefficient (Wildman–Crippen LogP) is 3.08. The van der Waals surface area contributed by atoms with Gasteiger partial charge in [-0.1, -0.05) is 30.4 Å². The molecule has 3 fully saturated rings. The second-order valence-electron chi connectivity index (χ2n) is 7.20. The van der Waals surface area contributed by atoms with Gasteiger partial charge in [-0.15, -0.1) is 0 Å². The molecule has 3 aliphatic heterocycles.